The number of aromatic nitrogens is 3. The molecule has 6 heteroatoms. The molecule has 0 fully saturated rings. The first kappa shape index (κ1) is 12.0. The van der Waals surface area contributed by atoms with Gasteiger partial charge in [0.15, 0.2) is 0 Å². The Morgan fingerprint density at radius 1 is 1.28 bits per heavy atom. The summed E-state index contributed by atoms with van der Waals surface area (Å²) in [6.45, 7) is 0.599. The van der Waals surface area contributed by atoms with Crippen LogP contribution in [0, 0.1) is 5.41 Å². The van der Waals surface area contributed by atoms with E-state index < -0.39 is 0 Å². The molecular formula is C12H14N6. The molecule has 0 saturated heterocycles. The number of nitrogens with zero attached hydrogens (tertiary/aromatic N) is 4. The van der Waals surface area contributed by atoms with Crippen molar-refractivity contribution in [1.82, 2.24) is 15.0 Å². The van der Waals surface area contributed by atoms with Gasteiger partial charge in [-0.05, 0) is 18.2 Å². The Balaban J connectivity index is 2.16. The van der Waals surface area contributed by atoms with Gasteiger partial charge >= 0.3 is 0 Å². The molecule has 92 valence electrons. The van der Waals surface area contributed by atoms with Gasteiger partial charge in [0.1, 0.15) is 11.5 Å². The maximum Gasteiger partial charge on any atom is 0.226 e. The van der Waals surface area contributed by atoms with E-state index in [9.17, 15) is 0 Å². The van der Waals surface area contributed by atoms with Gasteiger partial charge in [0.2, 0.25) is 5.95 Å². The Bertz CT molecular complexity index is 539. The van der Waals surface area contributed by atoms with Crippen molar-refractivity contribution in [2.75, 3.05) is 11.9 Å². The Morgan fingerprint density at radius 2 is 2.11 bits per heavy atom. The number of hydrogen-bond acceptors (Lipinski definition) is 5. The van der Waals surface area contributed by atoms with E-state index in [1.807, 2.05) is 30.1 Å². The maximum absolute atomic E-state index is 7.35. The molecule has 0 aliphatic rings. The minimum absolute atomic E-state index is 0.0649. The van der Waals surface area contributed by atoms with Gasteiger partial charge in [0.25, 0.3) is 0 Å². The van der Waals surface area contributed by atoms with E-state index in [1.165, 1.54) is 0 Å². The van der Waals surface area contributed by atoms with Crippen LogP contribution in [0.15, 0.2) is 36.7 Å². The second kappa shape index (κ2) is 5.22. The molecule has 6 nitrogen and oxygen atoms in total. The molecule has 18 heavy (non-hydrogen) atoms. The molecule has 2 aromatic rings. The fourth-order valence-electron chi connectivity index (χ4n) is 1.49. The fourth-order valence-corrected chi connectivity index (χ4v) is 1.49. The average molecular weight is 242 g/mol. The summed E-state index contributed by atoms with van der Waals surface area (Å²) in [4.78, 5) is 14.5. The van der Waals surface area contributed by atoms with Gasteiger partial charge in [0, 0.05) is 19.4 Å². The predicted octanol–water partition coefficient (Wildman–Crippen LogP) is 0.792. The molecule has 3 N–H and O–H groups in total. The van der Waals surface area contributed by atoms with Gasteiger partial charge in [-0.2, -0.15) is 0 Å². The van der Waals surface area contributed by atoms with Gasteiger partial charge in [-0.15, -0.1) is 0 Å². The summed E-state index contributed by atoms with van der Waals surface area (Å²) in [5, 5.41) is 7.35. The lowest BCUT2D eigenvalue weighted by atomic mass is 10.3. The van der Waals surface area contributed by atoms with Crippen molar-refractivity contribution in [3.8, 4) is 0 Å². The monoisotopic (exact) mass is 242 g/mol. The average Bonchev–Trinajstić information content (AvgIpc) is 2.40. The Morgan fingerprint density at radius 3 is 2.78 bits per heavy atom. The number of nitrogens with two attached hydrogens (primary N) is 1. The van der Waals surface area contributed by atoms with E-state index in [2.05, 4.69) is 15.0 Å². The molecule has 0 spiro atoms. The zero-order valence-electron chi connectivity index (χ0n) is 10.0. The van der Waals surface area contributed by atoms with Crippen molar-refractivity contribution in [3.05, 3.63) is 48.0 Å². The molecule has 0 aromatic carbocycles. The maximum atomic E-state index is 7.35. The van der Waals surface area contributed by atoms with Crippen molar-refractivity contribution in [2.45, 2.75) is 6.54 Å². The normalized spacial score (nSPS) is 10.1. The molecule has 0 unspecified atom stereocenters. The van der Waals surface area contributed by atoms with Crippen LogP contribution in [0.2, 0.25) is 0 Å². The number of nitrogen functional groups attached to an aromatic ring is 1. The molecule has 0 radical (unpaired) electrons. The molecule has 2 aromatic heterocycles. The quantitative estimate of drug-likeness (QED) is 0.611. The fraction of sp³-hybridized carbons (Fsp3) is 0.167. The predicted molar refractivity (Wildman–Crippen MR) is 69.4 cm³/mol. The first-order chi connectivity index (χ1) is 8.66. The Labute approximate surface area is 105 Å². The summed E-state index contributed by atoms with van der Waals surface area (Å²) in [6, 6.07) is 7.35. The van der Waals surface area contributed by atoms with E-state index in [4.69, 9.17) is 11.1 Å². The highest BCUT2D eigenvalue weighted by Gasteiger charge is 2.07. The van der Waals surface area contributed by atoms with Crippen molar-refractivity contribution in [2.24, 2.45) is 5.73 Å². The van der Waals surface area contributed by atoms with Crippen LogP contribution in [0.1, 0.15) is 11.4 Å². The number of nitrogens with one attached hydrogen (secondary N) is 1. The van der Waals surface area contributed by atoms with Crippen LogP contribution in [0.4, 0.5) is 5.95 Å². The first-order valence-corrected chi connectivity index (χ1v) is 5.45. The summed E-state index contributed by atoms with van der Waals surface area (Å²) in [7, 11) is 1.87. The van der Waals surface area contributed by atoms with Gasteiger partial charge in [-0.1, -0.05) is 6.07 Å². The topological polar surface area (TPSA) is 91.8 Å². The first-order valence-electron chi connectivity index (χ1n) is 5.45. The standard InChI is InChI=1S/C12H14N6/c1-18(8-9-4-2-3-6-15-9)12-16-7-5-10(17-12)11(13)14/h2-7H,8H2,1H3,(H3,13,14). The molecule has 0 aliphatic carbocycles. The molecular weight excluding hydrogens is 228 g/mol. The third-order valence-corrected chi connectivity index (χ3v) is 2.39. The largest absolute Gasteiger partial charge is 0.382 e. The lowest BCUT2D eigenvalue weighted by molar-refractivity contribution is 0.839. The lowest BCUT2D eigenvalue weighted by Crippen LogP contribution is -2.22. The molecule has 2 rings (SSSR count). The minimum atomic E-state index is -0.0649. The van der Waals surface area contributed by atoms with Crippen LogP contribution < -0.4 is 10.6 Å². The van der Waals surface area contributed by atoms with Crippen LogP contribution in [0.25, 0.3) is 0 Å². The van der Waals surface area contributed by atoms with Crippen molar-refractivity contribution < 1.29 is 0 Å². The van der Waals surface area contributed by atoms with E-state index in [1.54, 1.807) is 18.5 Å². The van der Waals surface area contributed by atoms with E-state index in [-0.39, 0.29) is 5.84 Å². The van der Waals surface area contributed by atoms with Crippen LogP contribution >= 0.6 is 0 Å². The van der Waals surface area contributed by atoms with Crippen molar-refractivity contribution in [3.63, 3.8) is 0 Å². The van der Waals surface area contributed by atoms with Crippen LogP contribution in [-0.4, -0.2) is 27.8 Å². The highest BCUT2D eigenvalue weighted by Crippen LogP contribution is 2.08. The van der Waals surface area contributed by atoms with E-state index in [0.717, 1.165) is 5.69 Å². The number of hydrogen-bond donors (Lipinski definition) is 2. The summed E-state index contributed by atoms with van der Waals surface area (Å²) < 4.78 is 0. The second-order valence-corrected chi connectivity index (χ2v) is 3.83. The smallest absolute Gasteiger partial charge is 0.226 e. The SMILES string of the molecule is CN(Cc1ccccn1)c1nccc(C(=N)N)n1. The Hall–Kier alpha value is -2.50. The zero-order valence-corrected chi connectivity index (χ0v) is 10.0. The summed E-state index contributed by atoms with van der Waals surface area (Å²) >= 11 is 0. The number of pyridine rings is 1. The van der Waals surface area contributed by atoms with Crippen LogP contribution in [-0.2, 0) is 6.54 Å². The molecule has 2 heterocycles. The molecule has 0 atom stereocenters. The third-order valence-electron chi connectivity index (χ3n) is 2.39. The Kier molecular flexibility index (Phi) is 3.47. The van der Waals surface area contributed by atoms with Crippen LogP contribution in [0.3, 0.4) is 0 Å². The highest BCUT2D eigenvalue weighted by atomic mass is 15.2. The number of amidine groups is 1. The molecule has 0 saturated carbocycles. The molecule has 0 bridgehead atoms. The van der Waals surface area contributed by atoms with E-state index >= 15 is 0 Å². The van der Waals surface area contributed by atoms with E-state index in [0.29, 0.717) is 18.2 Å². The zero-order chi connectivity index (χ0) is 13.0. The highest BCUT2D eigenvalue weighted by molar-refractivity contribution is 5.93. The summed E-state index contributed by atoms with van der Waals surface area (Å²) in [5.41, 5.74) is 6.75. The summed E-state index contributed by atoms with van der Waals surface area (Å²) in [6.07, 6.45) is 3.34. The third kappa shape index (κ3) is 2.79. The van der Waals surface area contributed by atoms with Crippen molar-refractivity contribution in [1.29, 1.82) is 5.41 Å². The van der Waals surface area contributed by atoms with Gasteiger partial charge in [0.05, 0.1) is 12.2 Å². The van der Waals surface area contributed by atoms with Crippen LogP contribution in [0.5, 0.6) is 0 Å². The van der Waals surface area contributed by atoms with Gasteiger partial charge in [-0.25, -0.2) is 9.97 Å². The number of rotatable bonds is 4. The summed E-state index contributed by atoms with van der Waals surface area (Å²) in [5.74, 6) is 0.457. The lowest BCUT2D eigenvalue weighted by Gasteiger charge is -2.16. The van der Waals surface area contributed by atoms with Gasteiger partial charge < -0.3 is 10.6 Å². The number of anilines is 1. The minimum Gasteiger partial charge on any atom is -0.382 e. The second-order valence-electron chi connectivity index (χ2n) is 3.83. The molecule has 0 aliphatic heterocycles. The van der Waals surface area contributed by atoms with Crippen molar-refractivity contribution >= 4 is 11.8 Å². The van der Waals surface area contributed by atoms with Gasteiger partial charge in [-0.3, -0.25) is 10.4 Å². The molecule has 0 amide bonds.